The molecule has 1 unspecified atom stereocenters. The number of hydrogen-bond donors (Lipinski definition) is 1. The van der Waals surface area contributed by atoms with E-state index in [0.717, 1.165) is 0 Å². The average Bonchev–Trinajstić information content (AvgIpc) is 2.35. The van der Waals surface area contributed by atoms with Crippen molar-refractivity contribution in [1.29, 1.82) is 0 Å². The van der Waals surface area contributed by atoms with Gasteiger partial charge in [-0.1, -0.05) is 0 Å². The van der Waals surface area contributed by atoms with E-state index in [1.165, 1.54) is 6.92 Å². The van der Waals surface area contributed by atoms with Crippen molar-refractivity contribution >= 4 is 5.97 Å². The van der Waals surface area contributed by atoms with Crippen molar-refractivity contribution < 1.29 is 31.5 Å². The Hall–Kier alpha value is -1.70. The summed E-state index contributed by atoms with van der Waals surface area (Å²) in [5.74, 6) is -2.53. The van der Waals surface area contributed by atoms with E-state index in [2.05, 4.69) is 4.74 Å². The van der Waals surface area contributed by atoms with Gasteiger partial charge in [-0.25, -0.2) is 13.6 Å². The van der Waals surface area contributed by atoms with E-state index in [1.54, 1.807) is 0 Å². The van der Waals surface area contributed by atoms with Crippen LogP contribution in [0.3, 0.4) is 0 Å². The van der Waals surface area contributed by atoms with Crippen molar-refractivity contribution in [2.45, 2.75) is 25.3 Å². The van der Waals surface area contributed by atoms with E-state index in [0.29, 0.717) is 12.1 Å². The summed E-state index contributed by atoms with van der Waals surface area (Å²) in [5, 5.41) is 0. The van der Waals surface area contributed by atoms with Gasteiger partial charge in [-0.15, -0.1) is 0 Å². The molecule has 2 atom stereocenters. The molecule has 20 heavy (non-hydrogen) atoms. The SMILES string of the molecule is CCOC(=O)C(F)[C@H](N)c1cc(F)cc(C(F)(F)F)c1. The largest absolute Gasteiger partial charge is 0.464 e. The van der Waals surface area contributed by atoms with Crippen LogP contribution < -0.4 is 5.73 Å². The number of carbonyl (C=O) groups excluding carboxylic acids is 1. The second kappa shape index (κ2) is 6.17. The summed E-state index contributed by atoms with van der Waals surface area (Å²) in [6.07, 6.45) is -7.18. The molecular formula is C12H12F5NO2. The van der Waals surface area contributed by atoms with E-state index < -0.39 is 41.3 Å². The topological polar surface area (TPSA) is 52.3 Å². The molecule has 112 valence electrons. The third kappa shape index (κ3) is 3.89. The van der Waals surface area contributed by atoms with Gasteiger partial charge in [0.05, 0.1) is 18.2 Å². The maximum Gasteiger partial charge on any atom is 0.416 e. The number of benzene rings is 1. The summed E-state index contributed by atoms with van der Waals surface area (Å²) >= 11 is 0. The van der Waals surface area contributed by atoms with Gasteiger partial charge in [-0.3, -0.25) is 0 Å². The zero-order valence-electron chi connectivity index (χ0n) is 10.4. The zero-order valence-corrected chi connectivity index (χ0v) is 10.4. The molecule has 0 bridgehead atoms. The van der Waals surface area contributed by atoms with Crippen molar-refractivity contribution in [2.24, 2.45) is 5.73 Å². The molecule has 0 radical (unpaired) electrons. The van der Waals surface area contributed by atoms with Crippen LogP contribution in [-0.2, 0) is 15.7 Å². The highest BCUT2D eigenvalue weighted by atomic mass is 19.4. The lowest BCUT2D eigenvalue weighted by molar-refractivity contribution is -0.149. The van der Waals surface area contributed by atoms with E-state index >= 15 is 0 Å². The van der Waals surface area contributed by atoms with Crippen LogP contribution in [0, 0.1) is 5.82 Å². The van der Waals surface area contributed by atoms with Crippen LogP contribution >= 0.6 is 0 Å². The Labute approximate surface area is 111 Å². The van der Waals surface area contributed by atoms with E-state index in [9.17, 15) is 26.7 Å². The summed E-state index contributed by atoms with van der Waals surface area (Å²) in [7, 11) is 0. The van der Waals surface area contributed by atoms with Gasteiger partial charge in [0.1, 0.15) is 5.82 Å². The first-order chi connectivity index (χ1) is 9.16. The quantitative estimate of drug-likeness (QED) is 0.687. The van der Waals surface area contributed by atoms with Crippen molar-refractivity contribution in [2.75, 3.05) is 6.61 Å². The average molecular weight is 297 g/mol. The van der Waals surface area contributed by atoms with Crippen LogP contribution in [0.5, 0.6) is 0 Å². The molecule has 0 aromatic heterocycles. The van der Waals surface area contributed by atoms with Crippen LogP contribution in [0.2, 0.25) is 0 Å². The molecule has 8 heteroatoms. The highest BCUT2D eigenvalue weighted by molar-refractivity contribution is 5.75. The highest BCUT2D eigenvalue weighted by Gasteiger charge is 2.34. The molecule has 1 aromatic carbocycles. The van der Waals surface area contributed by atoms with Crippen LogP contribution in [0.4, 0.5) is 22.0 Å². The summed E-state index contributed by atoms with van der Waals surface area (Å²) in [5.41, 5.74) is 3.56. The van der Waals surface area contributed by atoms with Crippen molar-refractivity contribution in [3.05, 3.63) is 35.1 Å². The second-order valence-electron chi connectivity index (χ2n) is 3.95. The molecule has 0 saturated heterocycles. The zero-order chi connectivity index (χ0) is 15.5. The Morgan fingerprint density at radius 2 is 1.95 bits per heavy atom. The lowest BCUT2D eigenvalue weighted by Crippen LogP contribution is -2.31. The van der Waals surface area contributed by atoms with Crippen molar-refractivity contribution in [3.8, 4) is 0 Å². The summed E-state index contributed by atoms with van der Waals surface area (Å²) in [6.45, 7) is 1.32. The lowest BCUT2D eigenvalue weighted by atomic mass is 10.0. The molecule has 3 nitrogen and oxygen atoms in total. The predicted octanol–water partition coefficient (Wildman–Crippen LogP) is 2.75. The molecule has 2 N–H and O–H groups in total. The molecular weight excluding hydrogens is 285 g/mol. The monoisotopic (exact) mass is 297 g/mol. The van der Waals surface area contributed by atoms with E-state index in [4.69, 9.17) is 5.73 Å². The fraction of sp³-hybridized carbons (Fsp3) is 0.417. The van der Waals surface area contributed by atoms with E-state index in [1.807, 2.05) is 0 Å². The number of rotatable bonds is 4. The Bertz CT molecular complexity index is 489. The molecule has 0 aliphatic heterocycles. The molecule has 0 amide bonds. The van der Waals surface area contributed by atoms with Crippen molar-refractivity contribution in [1.82, 2.24) is 0 Å². The molecule has 0 spiro atoms. The maximum atomic E-state index is 13.6. The number of halogens is 5. The number of hydrogen-bond acceptors (Lipinski definition) is 3. The molecule has 0 aliphatic rings. The minimum atomic E-state index is -4.80. The van der Waals surface area contributed by atoms with Gasteiger partial charge in [-0.2, -0.15) is 13.2 Å². The van der Waals surface area contributed by atoms with Gasteiger partial charge in [0.25, 0.3) is 0 Å². The smallest absolute Gasteiger partial charge is 0.416 e. The van der Waals surface area contributed by atoms with Gasteiger partial charge >= 0.3 is 12.1 Å². The number of nitrogens with two attached hydrogens (primary N) is 1. The van der Waals surface area contributed by atoms with Crippen LogP contribution in [-0.4, -0.2) is 18.7 Å². The van der Waals surface area contributed by atoms with E-state index in [-0.39, 0.29) is 12.7 Å². The Kier molecular flexibility index (Phi) is 5.04. The molecule has 1 aromatic rings. The van der Waals surface area contributed by atoms with Gasteiger partial charge in [0.15, 0.2) is 0 Å². The number of ether oxygens (including phenoxy) is 1. The van der Waals surface area contributed by atoms with Crippen molar-refractivity contribution in [3.63, 3.8) is 0 Å². The van der Waals surface area contributed by atoms with Gasteiger partial charge in [-0.05, 0) is 30.7 Å². The van der Waals surface area contributed by atoms with Crippen LogP contribution in [0.25, 0.3) is 0 Å². The van der Waals surface area contributed by atoms with Crippen LogP contribution in [0.1, 0.15) is 24.1 Å². The summed E-state index contributed by atoms with van der Waals surface area (Å²) < 4.78 is 68.6. The molecule has 1 rings (SSSR count). The van der Waals surface area contributed by atoms with Gasteiger partial charge in [0, 0.05) is 0 Å². The standard InChI is InChI=1S/C12H12F5NO2/c1-2-20-11(19)9(14)10(18)6-3-7(12(15,16)17)5-8(13)4-6/h3-5,9-10H,2,18H2,1H3/t9?,10-/m1/s1. The first-order valence-corrected chi connectivity index (χ1v) is 5.60. The molecule has 0 saturated carbocycles. The molecule has 0 aliphatic carbocycles. The maximum absolute atomic E-state index is 13.6. The summed E-state index contributed by atoms with van der Waals surface area (Å²) in [4.78, 5) is 11.1. The predicted molar refractivity (Wildman–Crippen MR) is 59.9 cm³/mol. The Morgan fingerprint density at radius 3 is 2.45 bits per heavy atom. The second-order valence-corrected chi connectivity index (χ2v) is 3.95. The minimum Gasteiger partial charge on any atom is -0.464 e. The lowest BCUT2D eigenvalue weighted by Gasteiger charge is -2.17. The minimum absolute atomic E-state index is 0.108. The van der Waals surface area contributed by atoms with Gasteiger partial charge < -0.3 is 10.5 Å². The first-order valence-electron chi connectivity index (χ1n) is 5.60. The Morgan fingerprint density at radius 1 is 1.35 bits per heavy atom. The number of esters is 1. The highest BCUT2D eigenvalue weighted by Crippen LogP contribution is 2.32. The number of carbonyl (C=O) groups is 1. The molecule has 0 heterocycles. The number of alkyl halides is 4. The normalized spacial score (nSPS) is 14.8. The molecule has 0 fully saturated rings. The first kappa shape index (κ1) is 16.4. The third-order valence-corrected chi connectivity index (χ3v) is 2.46. The van der Waals surface area contributed by atoms with Gasteiger partial charge in [0.2, 0.25) is 6.17 Å². The fourth-order valence-electron chi connectivity index (χ4n) is 1.51. The van der Waals surface area contributed by atoms with Crippen LogP contribution in [0.15, 0.2) is 18.2 Å². The third-order valence-electron chi connectivity index (χ3n) is 2.46. The summed E-state index contributed by atoms with van der Waals surface area (Å²) in [6, 6.07) is -0.343. The fourth-order valence-corrected chi connectivity index (χ4v) is 1.51. The Balaban J connectivity index is 3.07.